The number of aliphatic hydroxyl groups is 1. The van der Waals surface area contributed by atoms with Gasteiger partial charge in [-0.15, -0.1) is 0 Å². The number of hydrogen-bond donors (Lipinski definition) is 2. The summed E-state index contributed by atoms with van der Waals surface area (Å²) >= 11 is 0. The molecule has 0 aliphatic heterocycles. The molecule has 0 spiro atoms. The fourth-order valence-electron chi connectivity index (χ4n) is 1.69. The Hall–Kier alpha value is -1.59. The molecule has 0 aromatic heterocycles. The SMILES string of the molecule is COCC(O)CCNC(=O)c1ccc(C)c(OC)c1. The monoisotopic (exact) mass is 267 g/mol. The zero-order chi connectivity index (χ0) is 14.3. The Morgan fingerprint density at radius 1 is 1.42 bits per heavy atom. The molecule has 1 rings (SSSR count). The first-order valence-corrected chi connectivity index (χ1v) is 6.18. The molecule has 0 saturated heterocycles. The normalized spacial score (nSPS) is 12.0. The molecule has 1 aromatic carbocycles. The van der Waals surface area contributed by atoms with Crippen LogP contribution in [0.4, 0.5) is 0 Å². The lowest BCUT2D eigenvalue weighted by Crippen LogP contribution is -2.28. The van der Waals surface area contributed by atoms with E-state index in [1.54, 1.807) is 19.2 Å². The maximum absolute atomic E-state index is 11.9. The molecule has 1 amide bonds. The molecule has 0 aliphatic carbocycles. The Kier molecular flexibility index (Phi) is 6.32. The van der Waals surface area contributed by atoms with Crippen molar-refractivity contribution in [3.8, 4) is 5.75 Å². The molecule has 0 bridgehead atoms. The molecule has 0 saturated carbocycles. The molecule has 5 heteroatoms. The van der Waals surface area contributed by atoms with Gasteiger partial charge in [0.05, 0.1) is 19.8 Å². The minimum absolute atomic E-state index is 0.178. The average Bonchev–Trinajstić information content (AvgIpc) is 2.39. The highest BCUT2D eigenvalue weighted by molar-refractivity contribution is 5.94. The predicted molar refractivity (Wildman–Crippen MR) is 72.6 cm³/mol. The molecular weight excluding hydrogens is 246 g/mol. The van der Waals surface area contributed by atoms with Crippen LogP contribution in [0.2, 0.25) is 0 Å². The van der Waals surface area contributed by atoms with Gasteiger partial charge in [-0.1, -0.05) is 6.07 Å². The molecule has 106 valence electrons. The summed E-state index contributed by atoms with van der Waals surface area (Å²) < 4.78 is 9.98. The molecule has 0 fully saturated rings. The van der Waals surface area contributed by atoms with Crippen molar-refractivity contribution in [2.75, 3.05) is 27.4 Å². The molecule has 5 nitrogen and oxygen atoms in total. The first kappa shape index (κ1) is 15.5. The largest absolute Gasteiger partial charge is 0.496 e. The van der Waals surface area contributed by atoms with E-state index in [9.17, 15) is 9.90 Å². The van der Waals surface area contributed by atoms with E-state index in [2.05, 4.69) is 5.32 Å². The van der Waals surface area contributed by atoms with E-state index in [0.717, 1.165) is 5.56 Å². The molecule has 0 aliphatic rings. The van der Waals surface area contributed by atoms with Gasteiger partial charge < -0.3 is 19.9 Å². The van der Waals surface area contributed by atoms with Crippen molar-refractivity contribution < 1.29 is 19.4 Å². The van der Waals surface area contributed by atoms with Crippen LogP contribution in [0.15, 0.2) is 18.2 Å². The fourth-order valence-corrected chi connectivity index (χ4v) is 1.69. The Morgan fingerprint density at radius 2 is 2.16 bits per heavy atom. The summed E-state index contributed by atoms with van der Waals surface area (Å²) in [6, 6.07) is 5.29. The average molecular weight is 267 g/mol. The van der Waals surface area contributed by atoms with Gasteiger partial charge in [0.2, 0.25) is 0 Å². The van der Waals surface area contributed by atoms with Gasteiger partial charge in [0.15, 0.2) is 0 Å². The van der Waals surface area contributed by atoms with Gasteiger partial charge in [0, 0.05) is 19.2 Å². The number of rotatable bonds is 7. The van der Waals surface area contributed by atoms with Gasteiger partial charge in [0.1, 0.15) is 5.75 Å². The van der Waals surface area contributed by atoms with Gasteiger partial charge >= 0.3 is 0 Å². The smallest absolute Gasteiger partial charge is 0.251 e. The molecule has 2 N–H and O–H groups in total. The van der Waals surface area contributed by atoms with Gasteiger partial charge in [-0.2, -0.15) is 0 Å². The van der Waals surface area contributed by atoms with Crippen LogP contribution >= 0.6 is 0 Å². The summed E-state index contributed by atoms with van der Waals surface area (Å²) in [4.78, 5) is 11.9. The summed E-state index contributed by atoms with van der Waals surface area (Å²) in [6.07, 6.45) is -0.0967. The fraction of sp³-hybridized carbons (Fsp3) is 0.500. The van der Waals surface area contributed by atoms with Crippen LogP contribution in [0.1, 0.15) is 22.3 Å². The van der Waals surface area contributed by atoms with Crippen molar-refractivity contribution in [1.29, 1.82) is 0 Å². The van der Waals surface area contributed by atoms with Gasteiger partial charge in [-0.05, 0) is 31.0 Å². The summed E-state index contributed by atoms with van der Waals surface area (Å²) in [5.74, 6) is 0.509. The highest BCUT2D eigenvalue weighted by Crippen LogP contribution is 2.18. The van der Waals surface area contributed by atoms with E-state index in [-0.39, 0.29) is 12.5 Å². The van der Waals surface area contributed by atoms with Crippen molar-refractivity contribution in [3.63, 3.8) is 0 Å². The molecule has 1 unspecified atom stereocenters. The van der Waals surface area contributed by atoms with Crippen LogP contribution in [-0.4, -0.2) is 44.5 Å². The third-order valence-electron chi connectivity index (χ3n) is 2.79. The molecule has 0 heterocycles. The molecule has 1 atom stereocenters. The topological polar surface area (TPSA) is 67.8 Å². The number of aliphatic hydroxyl groups excluding tert-OH is 1. The van der Waals surface area contributed by atoms with Crippen molar-refractivity contribution in [1.82, 2.24) is 5.32 Å². The Morgan fingerprint density at radius 3 is 2.79 bits per heavy atom. The zero-order valence-corrected chi connectivity index (χ0v) is 11.6. The highest BCUT2D eigenvalue weighted by Gasteiger charge is 2.09. The van der Waals surface area contributed by atoms with Crippen LogP contribution in [-0.2, 0) is 4.74 Å². The minimum Gasteiger partial charge on any atom is -0.496 e. The highest BCUT2D eigenvalue weighted by atomic mass is 16.5. The van der Waals surface area contributed by atoms with Crippen molar-refractivity contribution in [3.05, 3.63) is 29.3 Å². The van der Waals surface area contributed by atoms with Crippen molar-refractivity contribution >= 4 is 5.91 Å². The van der Waals surface area contributed by atoms with Gasteiger partial charge in [0.25, 0.3) is 5.91 Å². The molecule has 19 heavy (non-hydrogen) atoms. The lowest BCUT2D eigenvalue weighted by Gasteiger charge is -2.11. The van der Waals surface area contributed by atoms with Gasteiger partial charge in [-0.25, -0.2) is 0 Å². The van der Waals surface area contributed by atoms with E-state index >= 15 is 0 Å². The first-order chi connectivity index (χ1) is 9.08. The summed E-state index contributed by atoms with van der Waals surface area (Å²) in [6.45, 7) is 2.59. The second-order valence-electron chi connectivity index (χ2n) is 4.34. The van der Waals surface area contributed by atoms with E-state index < -0.39 is 6.10 Å². The van der Waals surface area contributed by atoms with Gasteiger partial charge in [-0.3, -0.25) is 4.79 Å². The number of benzene rings is 1. The van der Waals surface area contributed by atoms with E-state index in [1.807, 2.05) is 13.0 Å². The number of aryl methyl sites for hydroxylation is 1. The number of nitrogens with one attached hydrogen (secondary N) is 1. The lowest BCUT2D eigenvalue weighted by atomic mass is 10.1. The first-order valence-electron chi connectivity index (χ1n) is 6.18. The number of carbonyl (C=O) groups excluding carboxylic acids is 1. The van der Waals surface area contributed by atoms with Crippen molar-refractivity contribution in [2.45, 2.75) is 19.4 Å². The number of ether oxygens (including phenoxy) is 2. The zero-order valence-electron chi connectivity index (χ0n) is 11.6. The number of carbonyl (C=O) groups is 1. The maximum atomic E-state index is 11.9. The van der Waals surface area contributed by atoms with E-state index in [4.69, 9.17) is 9.47 Å². The van der Waals surface area contributed by atoms with Crippen LogP contribution in [0, 0.1) is 6.92 Å². The van der Waals surface area contributed by atoms with Crippen molar-refractivity contribution in [2.24, 2.45) is 0 Å². The predicted octanol–water partition coefficient (Wildman–Crippen LogP) is 1.13. The molecular formula is C14H21NO4. The Balaban J connectivity index is 2.49. The van der Waals surface area contributed by atoms with E-state index in [1.165, 1.54) is 7.11 Å². The standard InChI is InChI=1S/C14H21NO4/c1-10-4-5-11(8-13(10)19-3)14(17)15-7-6-12(16)9-18-2/h4-5,8,12,16H,6-7,9H2,1-3H3,(H,15,17). The molecule has 0 radical (unpaired) electrons. The van der Waals surface area contributed by atoms with Crippen LogP contribution in [0.25, 0.3) is 0 Å². The summed E-state index contributed by atoms with van der Waals surface area (Å²) in [5, 5.41) is 12.2. The van der Waals surface area contributed by atoms with Crippen LogP contribution in [0.5, 0.6) is 5.75 Å². The Labute approximate surface area is 113 Å². The quantitative estimate of drug-likeness (QED) is 0.777. The third-order valence-corrected chi connectivity index (χ3v) is 2.79. The third kappa shape index (κ3) is 4.89. The second-order valence-corrected chi connectivity index (χ2v) is 4.34. The second kappa shape index (κ2) is 7.76. The Bertz CT molecular complexity index is 420. The number of amides is 1. The van der Waals surface area contributed by atoms with Crippen LogP contribution in [0.3, 0.4) is 0 Å². The maximum Gasteiger partial charge on any atom is 0.251 e. The number of methoxy groups -OCH3 is 2. The van der Waals surface area contributed by atoms with E-state index in [0.29, 0.717) is 24.3 Å². The summed E-state index contributed by atoms with van der Waals surface area (Å²) in [7, 11) is 3.10. The number of hydrogen-bond acceptors (Lipinski definition) is 4. The summed E-state index contributed by atoms with van der Waals surface area (Å²) in [5.41, 5.74) is 1.53. The minimum atomic E-state index is -0.558. The van der Waals surface area contributed by atoms with Crippen LogP contribution < -0.4 is 10.1 Å². The molecule has 1 aromatic rings. The lowest BCUT2D eigenvalue weighted by molar-refractivity contribution is 0.0587.